The van der Waals surface area contributed by atoms with Gasteiger partial charge in [-0.15, -0.1) is 0 Å². The van der Waals surface area contributed by atoms with Crippen molar-refractivity contribution in [3.8, 4) is 11.8 Å². The van der Waals surface area contributed by atoms with E-state index in [1.165, 1.54) is 24.3 Å². The Balaban J connectivity index is 2.66. The van der Waals surface area contributed by atoms with E-state index in [1.54, 1.807) is 6.92 Å². The second-order valence-electron chi connectivity index (χ2n) is 3.65. The van der Waals surface area contributed by atoms with Crippen LogP contribution in [0.4, 0.5) is 8.78 Å². The molecule has 0 saturated carbocycles. The van der Waals surface area contributed by atoms with Crippen molar-refractivity contribution in [2.24, 2.45) is 5.92 Å². The molecule has 0 radical (unpaired) electrons. The molecule has 0 spiro atoms. The van der Waals surface area contributed by atoms with Gasteiger partial charge in [-0.2, -0.15) is 14.0 Å². The molecule has 0 aliphatic heterocycles. The van der Waals surface area contributed by atoms with Crippen molar-refractivity contribution in [1.29, 1.82) is 5.26 Å². The second-order valence-corrected chi connectivity index (χ2v) is 3.65. The Hall–Kier alpha value is -2.16. The smallest absolute Gasteiger partial charge is 0.387 e. The monoisotopic (exact) mass is 254 g/mol. The van der Waals surface area contributed by atoms with Gasteiger partial charge in [-0.1, -0.05) is 6.07 Å². The van der Waals surface area contributed by atoms with Crippen molar-refractivity contribution >= 4 is 5.91 Å². The van der Waals surface area contributed by atoms with Crippen LogP contribution in [-0.4, -0.2) is 19.1 Å². The summed E-state index contributed by atoms with van der Waals surface area (Å²) in [5.74, 6) is -0.822. The van der Waals surface area contributed by atoms with Crippen LogP contribution >= 0.6 is 0 Å². The summed E-state index contributed by atoms with van der Waals surface area (Å²) in [6, 6.07) is 7.45. The quantitative estimate of drug-likeness (QED) is 0.876. The van der Waals surface area contributed by atoms with Gasteiger partial charge in [-0.25, -0.2) is 0 Å². The predicted octanol–water partition coefficient (Wildman–Crippen LogP) is 2.18. The zero-order valence-electron chi connectivity index (χ0n) is 9.69. The summed E-state index contributed by atoms with van der Waals surface area (Å²) in [4.78, 5) is 11.6. The molecule has 1 N–H and O–H groups in total. The van der Waals surface area contributed by atoms with E-state index in [-0.39, 0.29) is 23.8 Å². The standard InChI is InChI=1S/C12H12F2N2O2/c1-8(6-15)7-16-11(17)9-3-2-4-10(5-9)18-12(13)14/h2-5,8,12H,7H2,1H3,(H,16,17). The summed E-state index contributed by atoms with van der Waals surface area (Å²) >= 11 is 0. The zero-order valence-corrected chi connectivity index (χ0v) is 9.69. The van der Waals surface area contributed by atoms with Gasteiger partial charge in [0.05, 0.1) is 12.0 Å². The molecule has 1 rings (SSSR count). The molecular weight excluding hydrogens is 242 g/mol. The third kappa shape index (κ3) is 4.37. The summed E-state index contributed by atoms with van der Waals surface area (Å²) in [6.45, 7) is -1.06. The fourth-order valence-electron chi connectivity index (χ4n) is 1.21. The van der Waals surface area contributed by atoms with E-state index in [2.05, 4.69) is 10.1 Å². The molecule has 96 valence electrons. The van der Waals surface area contributed by atoms with Crippen LogP contribution in [0.5, 0.6) is 5.75 Å². The van der Waals surface area contributed by atoms with Gasteiger partial charge in [0, 0.05) is 12.1 Å². The van der Waals surface area contributed by atoms with Crippen LogP contribution in [0.15, 0.2) is 24.3 Å². The van der Waals surface area contributed by atoms with Gasteiger partial charge in [0.15, 0.2) is 0 Å². The number of alkyl halides is 2. The molecule has 1 aromatic carbocycles. The van der Waals surface area contributed by atoms with Crippen LogP contribution < -0.4 is 10.1 Å². The zero-order chi connectivity index (χ0) is 13.5. The van der Waals surface area contributed by atoms with Crippen LogP contribution in [0.25, 0.3) is 0 Å². The topological polar surface area (TPSA) is 62.1 Å². The molecule has 0 aromatic heterocycles. The fourth-order valence-corrected chi connectivity index (χ4v) is 1.21. The molecule has 1 atom stereocenters. The van der Waals surface area contributed by atoms with Crippen LogP contribution in [0.2, 0.25) is 0 Å². The first-order valence-electron chi connectivity index (χ1n) is 5.25. The van der Waals surface area contributed by atoms with Gasteiger partial charge >= 0.3 is 6.61 Å². The molecule has 1 amide bonds. The number of benzene rings is 1. The first kappa shape index (κ1) is 13.9. The number of nitrogens with one attached hydrogen (secondary N) is 1. The van der Waals surface area contributed by atoms with E-state index in [0.717, 1.165) is 0 Å². The van der Waals surface area contributed by atoms with Crippen molar-refractivity contribution in [2.75, 3.05) is 6.54 Å². The molecule has 0 fully saturated rings. The normalized spacial score (nSPS) is 11.7. The first-order valence-corrected chi connectivity index (χ1v) is 5.25. The molecule has 1 aromatic rings. The number of halogens is 2. The maximum absolute atomic E-state index is 12.0. The molecule has 0 aliphatic rings. The van der Waals surface area contributed by atoms with E-state index in [0.29, 0.717) is 0 Å². The van der Waals surface area contributed by atoms with E-state index < -0.39 is 12.5 Å². The third-order valence-electron chi connectivity index (χ3n) is 2.11. The molecule has 18 heavy (non-hydrogen) atoms. The van der Waals surface area contributed by atoms with Crippen molar-refractivity contribution in [3.63, 3.8) is 0 Å². The summed E-state index contributed by atoms with van der Waals surface area (Å²) < 4.78 is 28.2. The molecule has 4 nitrogen and oxygen atoms in total. The molecular formula is C12H12F2N2O2. The third-order valence-corrected chi connectivity index (χ3v) is 2.11. The Kier molecular flexibility index (Phi) is 5.06. The highest BCUT2D eigenvalue weighted by molar-refractivity contribution is 5.94. The maximum Gasteiger partial charge on any atom is 0.387 e. The average molecular weight is 254 g/mol. The van der Waals surface area contributed by atoms with E-state index in [1.807, 2.05) is 6.07 Å². The van der Waals surface area contributed by atoms with Crippen molar-refractivity contribution < 1.29 is 18.3 Å². The maximum atomic E-state index is 12.0. The minimum atomic E-state index is -2.93. The second kappa shape index (κ2) is 6.55. The number of rotatable bonds is 5. The van der Waals surface area contributed by atoms with E-state index in [9.17, 15) is 13.6 Å². The summed E-state index contributed by atoms with van der Waals surface area (Å²) in [5.41, 5.74) is 0.207. The first-order chi connectivity index (χ1) is 8.52. The highest BCUT2D eigenvalue weighted by Crippen LogP contribution is 2.15. The summed E-state index contributed by atoms with van der Waals surface area (Å²) in [6.07, 6.45) is 0. The summed E-state index contributed by atoms with van der Waals surface area (Å²) in [7, 11) is 0. The lowest BCUT2D eigenvalue weighted by Gasteiger charge is -2.08. The predicted molar refractivity (Wildman–Crippen MR) is 60.2 cm³/mol. The number of amides is 1. The van der Waals surface area contributed by atoms with Crippen molar-refractivity contribution in [1.82, 2.24) is 5.32 Å². The lowest BCUT2D eigenvalue weighted by Crippen LogP contribution is -2.27. The average Bonchev–Trinajstić information content (AvgIpc) is 2.35. The molecule has 6 heteroatoms. The van der Waals surface area contributed by atoms with Crippen LogP contribution in [0.1, 0.15) is 17.3 Å². The highest BCUT2D eigenvalue weighted by Gasteiger charge is 2.10. The van der Waals surface area contributed by atoms with Crippen molar-refractivity contribution in [3.05, 3.63) is 29.8 Å². The number of nitrogens with zero attached hydrogens (tertiary/aromatic N) is 1. The van der Waals surface area contributed by atoms with Gasteiger partial charge in [0.2, 0.25) is 0 Å². The lowest BCUT2D eigenvalue weighted by atomic mass is 10.1. The molecule has 0 saturated heterocycles. The number of hydrogen-bond acceptors (Lipinski definition) is 3. The largest absolute Gasteiger partial charge is 0.435 e. The molecule has 1 unspecified atom stereocenters. The Morgan fingerprint density at radius 3 is 2.89 bits per heavy atom. The Labute approximate surface area is 103 Å². The van der Waals surface area contributed by atoms with E-state index in [4.69, 9.17) is 5.26 Å². The summed E-state index contributed by atoms with van der Waals surface area (Å²) in [5, 5.41) is 11.1. The van der Waals surface area contributed by atoms with Crippen LogP contribution in [-0.2, 0) is 0 Å². The van der Waals surface area contributed by atoms with Crippen molar-refractivity contribution in [2.45, 2.75) is 13.5 Å². The van der Waals surface area contributed by atoms with Gasteiger partial charge < -0.3 is 10.1 Å². The van der Waals surface area contributed by atoms with Gasteiger partial charge in [0.25, 0.3) is 5.91 Å². The number of ether oxygens (including phenoxy) is 1. The molecule has 0 bridgehead atoms. The SMILES string of the molecule is CC(C#N)CNC(=O)c1cccc(OC(F)F)c1. The number of carbonyl (C=O) groups is 1. The molecule has 0 heterocycles. The number of carbonyl (C=O) groups excluding carboxylic acids is 1. The molecule has 0 aliphatic carbocycles. The highest BCUT2D eigenvalue weighted by atomic mass is 19.3. The van der Waals surface area contributed by atoms with Gasteiger partial charge in [-0.3, -0.25) is 4.79 Å². The Morgan fingerprint density at radius 1 is 1.56 bits per heavy atom. The Bertz CT molecular complexity index is 458. The number of nitriles is 1. The minimum Gasteiger partial charge on any atom is -0.435 e. The Morgan fingerprint density at radius 2 is 2.28 bits per heavy atom. The fraction of sp³-hybridized carbons (Fsp3) is 0.333. The lowest BCUT2D eigenvalue weighted by molar-refractivity contribution is -0.0498. The van der Waals surface area contributed by atoms with Gasteiger partial charge in [-0.05, 0) is 25.1 Å². The van der Waals surface area contributed by atoms with Crippen LogP contribution in [0.3, 0.4) is 0 Å². The van der Waals surface area contributed by atoms with Gasteiger partial charge in [0.1, 0.15) is 5.75 Å². The minimum absolute atomic E-state index is 0.0778. The van der Waals surface area contributed by atoms with E-state index >= 15 is 0 Å². The number of hydrogen-bond donors (Lipinski definition) is 1. The van der Waals surface area contributed by atoms with Crippen LogP contribution in [0, 0.1) is 17.2 Å².